The Hall–Kier alpha value is -4.20. The molecule has 0 fully saturated rings. The molecule has 4 N–H and O–H groups in total. The van der Waals surface area contributed by atoms with Crippen molar-refractivity contribution in [2.75, 3.05) is 10.6 Å². The van der Waals surface area contributed by atoms with E-state index in [2.05, 4.69) is 15.7 Å². The first kappa shape index (κ1) is 28.8. The largest absolute Gasteiger partial charge is 0.397 e. The number of carbonyl (C=O) groups is 2. The van der Waals surface area contributed by atoms with Crippen LogP contribution >= 0.6 is 11.6 Å². The van der Waals surface area contributed by atoms with E-state index in [9.17, 15) is 31.2 Å². The molecule has 14 heteroatoms. The summed E-state index contributed by atoms with van der Waals surface area (Å²) in [4.78, 5) is 23.9. The van der Waals surface area contributed by atoms with Crippen LogP contribution in [0.1, 0.15) is 23.7 Å². The summed E-state index contributed by atoms with van der Waals surface area (Å²) in [5.74, 6) is -1.57. The van der Waals surface area contributed by atoms with E-state index < -0.39 is 28.5 Å². The van der Waals surface area contributed by atoms with E-state index >= 15 is 0 Å². The van der Waals surface area contributed by atoms with Crippen LogP contribution in [0, 0.1) is 0 Å². The molecule has 0 atom stereocenters. The second-order valence-corrected chi connectivity index (χ2v) is 10.6. The molecular weight excluding hydrogens is 571 g/mol. The van der Waals surface area contributed by atoms with Gasteiger partial charge in [0.25, 0.3) is 0 Å². The van der Waals surface area contributed by atoms with E-state index in [1.54, 1.807) is 42.5 Å². The third-order valence-corrected chi connectivity index (χ3v) is 6.87. The van der Waals surface area contributed by atoms with E-state index in [1.807, 2.05) is 0 Å². The number of carbonyl (C=O) groups excluding carboxylic acids is 2. The highest BCUT2D eigenvalue weighted by atomic mass is 35.5. The van der Waals surface area contributed by atoms with Gasteiger partial charge >= 0.3 is 6.18 Å². The molecule has 1 heterocycles. The van der Waals surface area contributed by atoms with Crippen LogP contribution in [-0.2, 0) is 14.8 Å². The van der Waals surface area contributed by atoms with E-state index in [4.69, 9.17) is 16.7 Å². The number of nitrogens with zero attached hydrogens (tertiary/aromatic N) is 2. The smallest absolute Gasteiger partial charge is 0.355 e. The highest BCUT2D eigenvalue weighted by molar-refractivity contribution is 7.89. The fourth-order valence-corrected chi connectivity index (χ4v) is 4.99. The number of hydrogen-bond acceptors (Lipinski definition) is 6. The van der Waals surface area contributed by atoms with Gasteiger partial charge in [-0.15, -0.1) is 0 Å². The van der Waals surface area contributed by atoms with Gasteiger partial charge in [0.05, 0.1) is 23.8 Å². The summed E-state index contributed by atoms with van der Waals surface area (Å²) in [6.07, 6.45) is -4.18. The average molecular weight is 592 g/mol. The number of Topliss-reactive ketones (excluding diaryl/α,β-unsaturated/α-hetero) is 1. The molecule has 40 heavy (non-hydrogen) atoms. The molecule has 0 aliphatic heterocycles. The number of nitrogens with two attached hydrogens (primary N) is 1. The quantitative estimate of drug-likeness (QED) is 0.226. The molecule has 3 aromatic carbocycles. The number of alkyl halides is 3. The summed E-state index contributed by atoms with van der Waals surface area (Å²) in [6.45, 7) is 1.39. The maximum atomic E-state index is 12.7. The Bertz CT molecular complexity index is 1720. The van der Waals surface area contributed by atoms with Crippen molar-refractivity contribution in [2.24, 2.45) is 5.14 Å². The van der Waals surface area contributed by atoms with Crippen molar-refractivity contribution < 1.29 is 31.2 Å². The van der Waals surface area contributed by atoms with Gasteiger partial charge in [-0.05, 0) is 42.8 Å². The number of amides is 1. The number of primary sulfonamides is 1. The lowest BCUT2D eigenvalue weighted by molar-refractivity contribution is -0.150. The second kappa shape index (κ2) is 11.1. The van der Waals surface area contributed by atoms with Crippen LogP contribution in [-0.4, -0.2) is 36.1 Å². The first-order valence-corrected chi connectivity index (χ1v) is 13.4. The Morgan fingerprint density at radius 1 is 1.02 bits per heavy atom. The van der Waals surface area contributed by atoms with Crippen LogP contribution in [0.2, 0.25) is 5.02 Å². The van der Waals surface area contributed by atoms with Crippen molar-refractivity contribution in [1.29, 1.82) is 0 Å². The summed E-state index contributed by atoms with van der Waals surface area (Å²) < 4.78 is 63.4. The van der Waals surface area contributed by atoms with Gasteiger partial charge in [0.15, 0.2) is 5.78 Å². The molecule has 9 nitrogen and oxygen atoms in total. The van der Waals surface area contributed by atoms with Crippen LogP contribution in [0.5, 0.6) is 0 Å². The summed E-state index contributed by atoms with van der Waals surface area (Å²) in [5, 5.41) is 14.9. The molecule has 0 unspecified atom stereocenters. The average Bonchev–Trinajstić information content (AvgIpc) is 3.30. The first-order valence-electron chi connectivity index (χ1n) is 11.5. The van der Waals surface area contributed by atoms with E-state index in [0.717, 1.165) is 17.1 Å². The number of aromatic nitrogens is 2. The Balaban J connectivity index is 1.70. The summed E-state index contributed by atoms with van der Waals surface area (Å²) in [5.41, 5.74) is 2.06. The molecular formula is C26H21ClF3N5O4S. The predicted octanol–water partition coefficient (Wildman–Crippen LogP) is 5.68. The molecule has 0 spiro atoms. The van der Waals surface area contributed by atoms with E-state index in [1.165, 1.54) is 25.1 Å². The van der Waals surface area contributed by atoms with Crippen molar-refractivity contribution in [2.45, 2.75) is 24.4 Å². The first-order chi connectivity index (χ1) is 18.7. The zero-order valence-corrected chi connectivity index (χ0v) is 22.2. The Kier molecular flexibility index (Phi) is 8.00. The fourth-order valence-electron chi connectivity index (χ4n) is 4.01. The van der Waals surface area contributed by atoms with Crippen molar-refractivity contribution in [3.8, 4) is 16.8 Å². The number of ketones is 1. The Labute approximate surface area is 231 Å². The maximum absolute atomic E-state index is 12.7. The van der Waals surface area contributed by atoms with Crippen LogP contribution in [0.3, 0.4) is 0 Å². The third-order valence-electron chi connectivity index (χ3n) is 5.60. The van der Waals surface area contributed by atoms with Crippen molar-refractivity contribution in [3.63, 3.8) is 0 Å². The number of hydrogen-bond donors (Lipinski definition) is 3. The number of benzene rings is 3. The fraction of sp³-hybridized carbons (Fsp3) is 0.115. The standard InChI is InChI=1S/C26H21ClF3N5O4S/c1-15(36)25-19(18-5-2-3-7-20(18)27)6-4-8-21(25)33-16-9-10-22(23(11-16)40(31,38)39)35-14-17(13-32-35)34-24(37)12-26(28,29)30/h2-11,13-14,33H,12H2,1H3,(H,34,37)(H2,31,38,39). The van der Waals surface area contributed by atoms with Gasteiger partial charge in [-0.1, -0.05) is 41.9 Å². The molecule has 0 bridgehead atoms. The highest BCUT2D eigenvalue weighted by Crippen LogP contribution is 2.36. The van der Waals surface area contributed by atoms with Crippen molar-refractivity contribution in [3.05, 3.63) is 83.6 Å². The van der Waals surface area contributed by atoms with Crippen molar-refractivity contribution >= 4 is 50.4 Å². The normalized spacial score (nSPS) is 11.8. The van der Waals surface area contributed by atoms with Crippen LogP contribution < -0.4 is 15.8 Å². The van der Waals surface area contributed by atoms with Crippen LogP contribution in [0.15, 0.2) is 78.0 Å². The molecule has 1 aromatic heterocycles. The summed E-state index contributed by atoms with van der Waals surface area (Å²) in [7, 11) is -4.34. The summed E-state index contributed by atoms with van der Waals surface area (Å²) in [6, 6.07) is 16.2. The van der Waals surface area contributed by atoms with Gasteiger partial charge in [0.2, 0.25) is 15.9 Å². The Morgan fingerprint density at radius 3 is 2.38 bits per heavy atom. The molecule has 4 aromatic rings. The Morgan fingerprint density at radius 2 is 1.73 bits per heavy atom. The maximum Gasteiger partial charge on any atom is 0.397 e. The van der Waals surface area contributed by atoms with Crippen LogP contribution in [0.25, 0.3) is 16.8 Å². The topological polar surface area (TPSA) is 136 Å². The van der Waals surface area contributed by atoms with Gasteiger partial charge in [-0.25, -0.2) is 18.2 Å². The van der Waals surface area contributed by atoms with Gasteiger partial charge in [0.1, 0.15) is 11.3 Å². The molecule has 208 valence electrons. The minimum Gasteiger partial charge on any atom is -0.355 e. The third kappa shape index (κ3) is 6.68. The second-order valence-electron chi connectivity index (χ2n) is 8.63. The van der Waals surface area contributed by atoms with Crippen molar-refractivity contribution in [1.82, 2.24) is 9.78 Å². The zero-order valence-electron chi connectivity index (χ0n) is 20.7. The van der Waals surface area contributed by atoms with E-state index in [0.29, 0.717) is 27.4 Å². The molecule has 0 radical (unpaired) electrons. The molecule has 0 saturated carbocycles. The molecule has 4 rings (SSSR count). The lowest BCUT2D eigenvalue weighted by atomic mass is 9.95. The van der Waals surface area contributed by atoms with Gasteiger partial charge < -0.3 is 10.6 Å². The zero-order chi connectivity index (χ0) is 29.2. The van der Waals surface area contributed by atoms with Gasteiger partial charge in [-0.3, -0.25) is 9.59 Å². The van der Waals surface area contributed by atoms with Gasteiger partial charge in [0, 0.05) is 27.5 Å². The van der Waals surface area contributed by atoms with Crippen LogP contribution in [0.4, 0.5) is 30.2 Å². The number of halogens is 4. The minimum absolute atomic E-state index is 0.0269. The minimum atomic E-state index is -4.70. The summed E-state index contributed by atoms with van der Waals surface area (Å²) >= 11 is 6.36. The lowest BCUT2D eigenvalue weighted by Crippen LogP contribution is -2.20. The molecule has 0 aliphatic carbocycles. The molecule has 0 aliphatic rings. The SMILES string of the molecule is CC(=O)c1c(Nc2ccc(-n3cc(NC(=O)CC(F)(F)F)cn3)c(S(N)(=O)=O)c2)cccc1-c1ccccc1Cl. The number of rotatable bonds is 8. The molecule has 0 saturated heterocycles. The van der Waals surface area contributed by atoms with E-state index in [-0.39, 0.29) is 27.7 Å². The highest BCUT2D eigenvalue weighted by Gasteiger charge is 2.31. The number of sulfonamides is 1. The number of nitrogens with one attached hydrogen (secondary N) is 2. The molecule has 1 amide bonds. The van der Waals surface area contributed by atoms with Gasteiger partial charge in [-0.2, -0.15) is 18.3 Å². The lowest BCUT2D eigenvalue weighted by Gasteiger charge is -2.17. The monoisotopic (exact) mass is 591 g/mol. The predicted molar refractivity (Wildman–Crippen MR) is 144 cm³/mol. The number of anilines is 3.